The molecule has 1 N–H and O–H groups in total. The zero-order valence-electron chi connectivity index (χ0n) is 9.95. The summed E-state index contributed by atoms with van der Waals surface area (Å²) in [5.74, 6) is 1.33. The minimum atomic E-state index is 0.495. The summed E-state index contributed by atoms with van der Waals surface area (Å²) < 4.78 is 5.16. The van der Waals surface area contributed by atoms with Crippen LogP contribution in [0.25, 0.3) is 0 Å². The molecule has 3 heteroatoms. The minimum absolute atomic E-state index is 0.495. The van der Waals surface area contributed by atoms with Crippen LogP contribution in [0.5, 0.6) is 5.75 Å². The highest BCUT2D eigenvalue weighted by molar-refractivity contribution is 5.25. The summed E-state index contributed by atoms with van der Waals surface area (Å²) in [5.41, 5.74) is 1.23. The number of pyridine rings is 1. The quantitative estimate of drug-likeness (QED) is 0.805. The van der Waals surface area contributed by atoms with Crippen LogP contribution < -0.4 is 10.1 Å². The van der Waals surface area contributed by atoms with Gasteiger partial charge in [-0.2, -0.15) is 0 Å². The Bertz CT molecular complexity index is 301. The molecule has 0 aromatic carbocycles. The Morgan fingerprint density at radius 2 is 2.13 bits per heavy atom. The van der Waals surface area contributed by atoms with Crippen molar-refractivity contribution in [3.05, 3.63) is 24.0 Å². The maximum atomic E-state index is 5.16. The molecule has 0 radical (unpaired) electrons. The predicted octanol–water partition coefficient (Wildman–Crippen LogP) is 2.19. The van der Waals surface area contributed by atoms with Crippen LogP contribution in [-0.2, 0) is 0 Å². The van der Waals surface area contributed by atoms with Gasteiger partial charge >= 0.3 is 0 Å². The van der Waals surface area contributed by atoms with Crippen LogP contribution in [0, 0.1) is 0 Å². The van der Waals surface area contributed by atoms with Crippen molar-refractivity contribution in [2.75, 3.05) is 14.2 Å². The smallest absolute Gasteiger partial charge is 0.137 e. The van der Waals surface area contributed by atoms with Gasteiger partial charge in [-0.05, 0) is 37.9 Å². The lowest BCUT2D eigenvalue weighted by Gasteiger charge is -2.17. The molecule has 15 heavy (non-hydrogen) atoms. The normalized spacial score (nSPS) is 14.7. The molecular formula is C12H20N2O. The van der Waals surface area contributed by atoms with E-state index >= 15 is 0 Å². The van der Waals surface area contributed by atoms with E-state index in [1.807, 2.05) is 13.2 Å². The van der Waals surface area contributed by atoms with Crippen LogP contribution in [0.3, 0.4) is 0 Å². The average Bonchev–Trinajstić information content (AvgIpc) is 2.28. The lowest BCUT2D eigenvalue weighted by molar-refractivity contribution is 0.411. The number of hydrogen-bond donors (Lipinski definition) is 1. The Balaban J connectivity index is 2.68. The highest BCUT2D eigenvalue weighted by atomic mass is 16.5. The zero-order valence-corrected chi connectivity index (χ0v) is 9.95. The standard InChI is InChI=1S/C12H20N2O/c1-9(5-10(2)13-3)11-6-12(15-4)8-14-7-11/h6-10,13H,5H2,1-4H3. The van der Waals surface area contributed by atoms with Crippen molar-refractivity contribution in [3.63, 3.8) is 0 Å². The van der Waals surface area contributed by atoms with Gasteiger partial charge in [-0.1, -0.05) is 6.92 Å². The topological polar surface area (TPSA) is 34.2 Å². The fourth-order valence-corrected chi connectivity index (χ4v) is 1.60. The SMILES string of the molecule is CNC(C)CC(C)c1cncc(OC)c1. The first-order chi connectivity index (χ1) is 7.17. The van der Waals surface area contributed by atoms with Crippen LogP contribution in [-0.4, -0.2) is 25.2 Å². The van der Waals surface area contributed by atoms with E-state index < -0.39 is 0 Å². The van der Waals surface area contributed by atoms with Gasteiger partial charge < -0.3 is 10.1 Å². The van der Waals surface area contributed by atoms with E-state index in [0.717, 1.165) is 12.2 Å². The van der Waals surface area contributed by atoms with Crippen LogP contribution in [0.1, 0.15) is 31.7 Å². The summed E-state index contributed by atoms with van der Waals surface area (Å²) in [5, 5.41) is 3.24. The van der Waals surface area contributed by atoms with Crippen LogP contribution >= 0.6 is 0 Å². The molecule has 0 fully saturated rings. The lowest BCUT2D eigenvalue weighted by Crippen LogP contribution is -2.22. The van der Waals surface area contributed by atoms with E-state index in [9.17, 15) is 0 Å². The predicted molar refractivity (Wildman–Crippen MR) is 62.3 cm³/mol. The third-order valence-electron chi connectivity index (χ3n) is 2.74. The first-order valence-corrected chi connectivity index (χ1v) is 5.33. The van der Waals surface area contributed by atoms with E-state index in [1.165, 1.54) is 5.56 Å². The minimum Gasteiger partial charge on any atom is -0.495 e. The summed E-state index contributed by atoms with van der Waals surface area (Å²) in [6, 6.07) is 2.58. The lowest BCUT2D eigenvalue weighted by atomic mass is 9.96. The fourth-order valence-electron chi connectivity index (χ4n) is 1.60. The van der Waals surface area contributed by atoms with Crippen molar-refractivity contribution in [1.82, 2.24) is 10.3 Å². The van der Waals surface area contributed by atoms with Gasteiger partial charge in [0.1, 0.15) is 5.75 Å². The summed E-state index contributed by atoms with van der Waals surface area (Å²) in [4.78, 5) is 4.16. The number of ether oxygens (including phenoxy) is 1. The van der Waals surface area contributed by atoms with Gasteiger partial charge in [-0.3, -0.25) is 4.98 Å². The number of hydrogen-bond acceptors (Lipinski definition) is 3. The number of nitrogens with one attached hydrogen (secondary N) is 1. The third kappa shape index (κ3) is 3.51. The summed E-state index contributed by atoms with van der Waals surface area (Å²) >= 11 is 0. The first-order valence-electron chi connectivity index (χ1n) is 5.33. The Hall–Kier alpha value is -1.09. The molecular weight excluding hydrogens is 188 g/mol. The summed E-state index contributed by atoms with van der Waals surface area (Å²) in [6.45, 7) is 4.40. The largest absolute Gasteiger partial charge is 0.495 e. The van der Waals surface area contributed by atoms with Gasteiger partial charge in [-0.15, -0.1) is 0 Å². The van der Waals surface area contributed by atoms with Crippen molar-refractivity contribution in [3.8, 4) is 5.75 Å². The number of rotatable bonds is 5. The molecule has 1 aromatic rings. The molecule has 0 aliphatic rings. The van der Waals surface area contributed by atoms with E-state index in [-0.39, 0.29) is 0 Å². The molecule has 2 atom stereocenters. The third-order valence-corrected chi connectivity index (χ3v) is 2.74. The Labute approximate surface area is 91.9 Å². The maximum Gasteiger partial charge on any atom is 0.137 e. The van der Waals surface area contributed by atoms with E-state index in [1.54, 1.807) is 13.3 Å². The molecule has 0 aliphatic heterocycles. The van der Waals surface area contributed by atoms with Crippen molar-refractivity contribution in [2.24, 2.45) is 0 Å². The number of aromatic nitrogens is 1. The second-order valence-electron chi connectivity index (χ2n) is 3.98. The average molecular weight is 208 g/mol. The second-order valence-corrected chi connectivity index (χ2v) is 3.98. The van der Waals surface area contributed by atoms with Gasteiger partial charge in [0.15, 0.2) is 0 Å². The van der Waals surface area contributed by atoms with Gasteiger partial charge in [0.25, 0.3) is 0 Å². The fraction of sp³-hybridized carbons (Fsp3) is 0.583. The molecule has 1 rings (SSSR count). The molecule has 0 spiro atoms. The van der Waals surface area contributed by atoms with Gasteiger partial charge in [0.05, 0.1) is 13.3 Å². The van der Waals surface area contributed by atoms with Crippen molar-refractivity contribution >= 4 is 0 Å². The Morgan fingerprint density at radius 3 is 2.73 bits per heavy atom. The van der Waals surface area contributed by atoms with Crippen molar-refractivity contribution in [2.45, 2.75) is 32.2 Å². The van der Waals surface area contributed by atoms with Gasteiger partial charge in [0.2, 0.25) is 0 Å². The van der Waals surface area contributed by atoms with E-state index in [4.69, 9.17) is 4.74 Å². The maximum absolute atomic E-state index is 5.16. The number of methoxy groups -OCH3 is 1. The molecule has 0 aliphatic carbocycles. The first kappa shape index (κ1) is 12.0. The molecule has 2 unspecified atom stereocenters. The van der Waals surface area contributed by atoms with Gasteiger partial charge in [-0.25, -0.2) is 0 Å². The Morgan fingerprint density at radius 1 is 1.40 bits per heavy atom. The van der Waals surface area contributed by atoms with Crippen molar-refractivity contribution in [1.29, 1.82) is 0 Å². The monoisotopic (exact) mass is 208 g/mol. The molecule has 84 valence electrons. The number of nitrogens with zero attached hydrogens (tertiary/aromatic N) is 1. The molecule has 1 heterocycles. The highest BCUT2D eigenvalue weighted by Crippen LogP contribution is 2.22. The molecule has 1 aromatic heterocycles. The summed E-state index contributed by atoms with van der Waals surface area (Å²) in [6.07, 6.45) is 4.75. The van der Waals surface area contributed by atoms with E-state index in [0.29, 0.717) is 12.0 Å². The second kappa shape index (κ2) is 5.71. The summed E-state index contributed by atoms with van der Waals surface area (Å²) in [7, 11) is 3.66. The molecule has 0 saturated carbocycles. The van der Waals surface area contributed by atoms with E-state index in [2.05, 4.69) is 30.2 Å². The molecule has 0 saturated heterocycles. The van der Waals surface area contributed by atoms with Crippen molar-refractivity contribution < 1.29 is 4.74 Å². The van der Waals surface area contributed by atoms with Crippen LogP contribution in [0.15, 0.2) is 18.5 Å². The van der Waals surface area contributed by atoms with Crippen LogP contribution in [0.4, 0.5) is 0 Å². The van der Waals surface area contributed by atoms with Gasteiger partial charge in [0, 0.05) is 12.2 Å². The van der Waals surface area contributed by atoms with Crippen LogP contribution in [0.2, 0.25) is 0 Å². The zero-order chi connectivity index (χ0) is 11.3. The molecule has 0 amide bonds. The molecule has 3 nitrogen and oxygen atoms in total. The molecule has 0 bridgehead atoms. The highest BCUT2D eigenvalue weighted by Gasteiger charge is 2.10. The Kier molecular flexibility index (Phi) is 4.56.